The van der Waals surface area contributed by atoms with Gasteiger partial charge in [0.15, 0.2) is 0 Å². The molecule has 0 saturated heterocycles. The summed E-state index contributed by atoms with van der Waals surface area (Å²) in [5, 5.41) is 9.58. The Morgan fingerprint density at radius 1 is 1.20 bits per heavy atom. The van der Waals surface area contributed by atoms with Crippen LogP contribution in [-0.4, -0.2) is 41.8 Å². The normalized spacial score (nSPS) is 16.8. The van der Waals surface area contributed by atoms with Gasteiger partial charge in [-0.3, -0.25) is 4.58 Å². The molecule has 0 saturated carbocycles. The molecule has 1 aliphatic heterocycles. The number of aryl methyl sites for hydroxylation is 3. The van der Waals surface area contributed by atoms with Gasteiger partial charge >= 0.3 is 0 Å². The summed E-state index contributed by atoms with van der Waals surface area (Å²) in [4.78, 5) is 2.33. The predicted molar refractivity (Wildman–Crippen MR) is 84.9 cm³/mol. The van der Waals surface area contributed by atoms with E-state index in [1.54, 1.807) is 0 Å². The maximum Gasteiger partial charge on any atom is 0.239 e. The fourth-order valence-corrected chi connectivity index (χ4v) is 3.26. The molecule has 0 bridgehead atoms. The van der Waals surface area contributed by atoms with Gasteiger partial charge in [-0.15, -0.1) is 0 Å². The average Bonchev–Trinajstić information content (AvgIpc) is 2.77. The number of aliphatic hydroxyl groups is 1. The molecule has 1 heterocycles. The molecule has 2 rings (SSSR count). The Kier molecular flexibility index (Phi) is 4.48. The van der Waals surface area contributed by atoms with E-state index in [1.807, 2.05) is 0 Å². The number of benzene rings is 1. The van der Waals surface area contributed by atoms with Crippen molar-refractivity contribution in [1.82, 2.24) is 0 Å². The molecular formula is C17H27N2O+. The predicted octanol–water partition coefficient (Wildman–Crippen LogP) is 2.49. The van der Waals surface area contributed by atoms with Gasteiger partial charge in [0.05, 0.1) is 6.61 Å². The third-order valence-electron chi connectivity index (χ3n) is 4.19. The van der Waals surface area contributed by atoms with E-state index in [9.17, 15) is 5.11 Å². The molecular weight excluding hydrogens is 248 g/mol. The van der Waals surface area contributed by atoms with Crippen molar-refractivity contribution in [3.05, 3.63) is 28.8 Å². The van der Waals surface area contributed by atoms with Crippen LogP contribution in [0.25, 0.3) is 0 Å². The second-order valence-corrected chi connectivity index (χ2v) is 6.29. The van der Waals surface area contributed by atoms with Gasteiger partial charge in [-0.1, -0.05) is 31.5 Å². The van der Waals surface area contributed by atoms with Crippen LogP contribution in [0.1, 0.15) is 30.5 Å². The zero-order valence-corrected chi connectivity index (χ0v) is 13.3. The van der Waals surface area contributed by atoms with Crippen LogP contribution >= 0.6 is 0 Å². The number of rotatable bonds is 4. The van der Waals surface area contributed by atoms with Gasteiger partial charge in [-0.05, 0) is 37.8 Å². The molecule has 20 heavy (non-hydrogen) atoms. The van der Waals surface area contributed by atoms with Gasteiger partial charge in [0.1, 0.15) is 24.8 Å². The minimum atomic E-state index is 0.214. The number of nitrogens with zero attached hydrogens (tertiary/aromatic N) is 2. The molecule has 0 amide bonds. The summed E-state index contributed by atoms with van der Waals surface area (Å²) in [5.74, 6) is 0.455. The fourth-order valence-electron chi connectivity index (χ4n) is 3.26. The number of hydrogen-bond donors (Lipinski definition) is 1. The highest BCUT2D eigenvalue weighted by Gasteiger charge is 2.29. The highest BCUT2D eigenvalue weighted by Crippen LogP contribution is 2.26. The number of anilines is 1. The summed E-state index contributed by atoms with van der Waals surface area (Å²) in [6.07, 6.45) is 2.19. The summed E-state index contributed by atoms with van der Waals surface area (Å²) in [6, 6.07) is 4.70. The van der Waals surface area contributed by atoms with Crippen molar-refractivity contribution in [2.45, 2.75) is 40.7 Å². The maximum absolute atomic E-state index is 9.58. The first-order valence-electron chi connectivity index (χ1n) is 7.50. The van der Waals surface area contributed by atoms with Crippen molar-refractivity contribution in [3.8, 4) is 0 Å². The third kappa shape index (κ3) is 2.88. The van der Waals surface area contributed by atoms with Crippen molar-refractivity contribution in [3.63, 3.8) is 0 Å². The van der Waals surface area contributed by atoms with E-state index in [-0.39, 0.29) is 12.6 Å². The first kappa shape index (κ1) is 15.0. The molecule has 1 aliphatic rings. The van der Waals surface area contributed by atoms with Crippen LogP contribution in [0, 0.1) is 26.7 Å². The lowest BCUT2D eigenvalue weighted by molar-refractivity contribution is -0.563. The average molecular weight is 275 g/mol. The molecule has 3 heteroatoms. The third-order valence-corrected chi connectivity index (χ3v) is 4.19. The Hall–Kier alpha value is -1.35. The Bertz CT molecular complexity index is 497. The first-order valence-corrected chi connectivity index (χ1v) is 7.50. The topological polar surface area (TPSA) is 26.5 Å². The van der Waals surface area contributed by atoms with E-state index < -0.39 is 0 Å². The lowest BCUT2D eigenvalue weighted by atomic mass is 10.0. The molecule has 1 aromatic carbocycles. The highest BCUT2D eigenvalue weighted by atomic mass is 16.3. The second-order valence-electron chi connectivity index (χ2n) is 6.29. The summed E-state index contributed by atoms with van der Waals surface area (Å²) in [5.41, 5.74) is 5.28. The summed E-state index contributed by atoms with van der Waals surface area (Å²) >= 11 is 0. The van der Waals surface area contributed by atoms with Crippen molar-refractivity contribution < 1.29 is 9.68 Å². The van der Waals surface area contributed by atoms with Crippen LogP contribution in [0.15, 0.2) is 12.1 Å². The minimum absolute atomic E-state index is 0.214. The molecule has 0 spiro atoms. The Labute approximate surface area is 122 Å². The monoisotopic (exact) mass is 275 g/mol. The molecule has 0 aliphatic carbocycles. The van der Waals surface area contributed by atoms with Gasteiger partial charge in [0.25, 0.3) is 0 Å². The van der Waals surface area contributed by atoms with Crippen molar-refractivity contribution >= 4 is 12.0 Å². The molecule has 0 radical (unpaired) electrons. The van der Waals surface area contributed by atoms with Gasteiger partial charge < -0.3 is 5.11 Å². The Morgan fingerprint density at radius 2 is 1.80 bits per heavy atom. The zero-order chi connectivity index (χ0) is 14.9. The lowest BCUT2D eigenvalue weighted by Crippen LogP contribution is -2.34. The summed E-state index contributed by atoms with van der Waals surface area (Å²) in [6.45, 7) is 13.0. The molecule has 110 valence electrons. The van der Waals surface area contributed by atoms with Crippen molar-refractivity contribution in [1.29, 1.82) is 0 Å². The Morgan fingerprint density at radius 3 is 2.30 bits per heavy atom. The van der Waals surface area contributed by atoms with Gasteiger partial charge in [0, 0.05) is 0 Å². The smallest absolute Gasteiger partial charge is 0.239 e. The fraction of sp³-hybridized carbons (Fsp3) is 0.588. The maximum atomic E-state index is 9.58. The van der Waals surface area contributed by atoms with Crippen molar-refractivity contribution in [2.24, 2.45) is 5.92 Å². The van der Waals surface area contributed by atoms with Crippen LogP contribution in [0.4, 0.5) is 5.69 Å². The summed E-state index contributed by atoms with van der Waals surface area (Å²) in [7, 11) is 0. The van der Waals surface area contributed by atoms with Gasteiger partial charge in [0.2, 0.25) is 6.34 Å². The van der Waals surface area contributed by atoms with Crippen LogP contribution < -0.4 is 4.90 Å². The van der Waals surface area contributed by atoms with Gasteiger partial charge in [-0.25, -0.2) is 4.90 Å². The zero-order valence-electron chi connectivity index (χ0n) is 13.3. The SMILES string of the molecule is Cc1cc(C)c(N2C=[N+]([C@H](CO)C(C)C)CC2)c(C)c1. The molecule has 0 fully saturated rings. The lowest BCUT2D eigenvalue weighted by Gasteiger charge is -2.17. The second kappa shape index (κ2) is 5.96. The molecule has 0 unspecified atom stereocenters. The van der Waals surface area contributed by atoms with E-state index in [2.05, 4.69) is 62.6 Å². The van der Waals surface area contributed by atoms with E-state index in [0.29, 0.717) is 5.92 Å². The minimum Gasteiger partial charge on any atom is -0.392 e. The molecule has 1 aromatic rings. The Balaban J connectivity index is 2.31. The largest absolute Gasteiger partial charge is 0.392 e. The van der Waals surface area contributed by atoms with E-state index in [1.165, 1.54) is 22.4 Å². The van der Waals surface area contributed by atoms with Crippen molar-refractivity contribution in [2.75, 3.05) is 24.6 Å². The van der Waals surface area contributed by atoms with Gasteiger partial charge in [-0.2, -0.15) is 0 Å². The molecule has 3 nitrogen and oxygen atoms in total. The van der Waals surface area contributed by atoms with Crippen LogP contribution in [0.3, 0.4) is 0 Å². The number of hydrogen-bond acceptors (Lipinski definition) is 2. The van der Waals surface area contributed by atoms with Crippen LogP contribution in [0.5, 0.6) is 0 Å². The number of aliphatic hydroxyl groups excluding tert-OH is 1. The quantitative estimate of drug-likeness (QED) is 0.855. The van der Waals surface area contributed by atoms with E-state index in [0.717, 1.165) is 13.1 Å². The van der Waals surface area contributed by atoms with Crippen LogP contribution in [0.2, 0.25) is 0 Å². The molecule has 0 aromatic heterocycles. The standard InChI is InChI=1S/C17H27N2O/c1-12(2)16(10-20)18-6-7-19(11-18)17-14(4)8-13(3)9-15(17)5/h8-9,11-12,16,20H,6-7,10H2,1-5H3/q+1/t16-/m1/s1. The first-order chi connectivity index (χ1) is 9.43. The molecule has 1 N–H and O–H groups in total. The van der Waals surface area contributed by atoms with E-state index in [4.69, 9.17) is 0 Å². The highest BCUT2D eigenvalue weighted by molar-refractivity contribution is 5.81. The summed E-state index contributed by atoms with van der Waals surface area (Å²) < 4.78 is 2.28. The molecule has 1 atom stereocenters. The van der Waals surface area contributed by atoms with E-state index >= 15 is 0 Å². The van der Waals surface area contributed by atoms with Crippen LogP contribution in [-0.2, 0) is 0 Å².